The molecule has 0 rings (SSSR count). The van der Waals surface area contributed by atoms with Crippen LogP contribution in [-0.4, -0.2) is 19.3 Å². The Kier molecular flexibility index (Phi) is 6.81. The van der Waals surface area contributed by atoms with Crippen molar-refractivity contribution in [3.8, 4) is 0 Å². The molecule has 0 aliphatic rings. The maximum atomic E-state index is 12.5. The zero-order valence-electron chi connectivity index (χ0n) is 6.65. The van der Waals surface area contributed by atoms with Gasteiger partial charge in [0.2, 0.25) is 0 Å². The van der Waals surface area contributed by atoms with E-state index in [1.54, 1.807) is 0 Å². The molecule has 0 aliphatic heterocycles. The number of unbranched alkanes of at least 4 members (excludes halogenated alkanes) is 1. The molecule has 0 bridgehead atoms. The van der Waals surface area contributed by atoms with Crippen molar-refractivity contribution in [3.63, 3.8) is 0 Å². The molecule has 0 heterocycles. The van der Waals surface area contributed by atoms with Crippen LogP contribution in [0.3, 0.4) is 0 Å². The number of rotatable bonds is 6. The summed E-state index contributed by atoms with van der Waals surface area (Å²) in [5.74, 6) is 0. The van der Waals surface area contributed by atoms with E-state index in [-0.39, 0.29) is 6.42 Å². The van der Waals surface area contributed by atoms with Gasteiger partial charge in [0.25, 0.3) is 6.43 Å². The molecule has 0 radical (unpaired) electrons. The van der Waals surface area contributed by atoms with Crippen molar-refractivity contribution < 1.29 is 17.6 Å². The highest BCUT2D eigenvalue weighted by Gasteiger charge is 2.02. The van der Waals surface area contributed by atoms with Crippen molar-refractivity contribution >= 4 is 0 Å². The normalized spacial score (nSPS) is 14.4. The Balaban J connectivity index is 3.38. The van der Waals surface area contributed by atoms with Gasteiger partial charge in [0.1, 0.15) is 6.17 Å². The Morgan fingerprint density at radius 3 is 2.17 bits per heavy atom. The first kappa shape index (κ1) is 11.5. The fourth-order valence-electron chi connectivity index (χ4n) is 0.735. The Hall–Kier alpha value is -0.540. The van der Waals surface area contributed by atoms with E-state index in [0.29, 0.717) is 18.9 Å². The quantitative estimate of drug-likeness (QED) is 0.337. The molecule has 0 fully saturated rings. The van der Waals surface area contributed by atoms with Crippen LogP contribution in [0.25, 0.3) is 0 Å². The average molecular weight is 184 g/mol. The van der Waals surface area contributed by atoms with E-state index in [1.807, 2.05) is 0 Å². The largest absolute Gasteiger partial charge is 0.257 e. The van der Waals surface area contributed by atoms with Gasteiger partial charge in [0, 0.05) is 0 Å². The second kappa shape index (κ2) is 7.13. The van der Waals surface area contributed by atoms with Crippen LogP contribution < -0.4 is 0 Å². The lowest BCUT2D eigenvalue weighted by molar-refractivity contribution is 0.202. The number of halogens is 4. The lowest BCUT2D eigenvalue weighted by atomic mass is 10.2. The third-order valence-corrected chi connectivity index (χ3v) is 1.33. The van der Waals surface area contributed by atoms with E-state index in [1.165, 1.54) is 0 Å². The van der Waals surface area contributed by atoms with Crippen LogP contribution in [0.15, 0.2) is 12.2 Å². The van der Waals surface area contributed by atoms with Crippen molar-refractivity contribution in [2.45, 2.75) is 31.9 Å². The van der Waals surface area contributed by atoms with Crippen LogP contribution >= 0.6 is 0 Å². The van der Waals surface area contributed by atoms with Crippen LogP contribution in [0, 0.1) is 0 Å². The molecule has 0 saturated carbocycles. The molecular weight excluding hydrogens is 172 g/mol. The maximum Gasteiger partial charge on any atom is 0.257 e. The summed E-state index contributed by atoms with van der Waals surface area (Å²) >= 11 is 0. The summed E-state index contributed by atoms with van der Waals surface area (Å²) in [4.78, 5) is 0. The van der Waals surface area contributed by atoms with Gasteiger partial charge in [0.05, 0.1) is 6.67 Å². The molecule has 0 spiro atoms. The molecule has 1 unspecified atom stereocenters. The number of hydrogen-bond donors (Lipinski definition) is 0. The second-order valence-corrected chi connectivity index (χ2v) is 2.42. The third kappa shape index (κ3) is 7.57. The van der Waals surface area contributed by atoms with E-state index in [0.717, 1.165) is 6.08 Å². The van der Waals surface area contributed by atoms with Crippen LogP contribution in [-0.2, 0) is 0 Å². The molecule has 12 heavy (non-hydrogen) atoms. The van der Waals surface area contributed by atoms with Crippen molar-refractivity contribution in [1.29, 1.82) is 0 Å². The van der Waals surface area contributed by atoms with Crippen LogP contribution in [0.1, 0.15) is 19.3 Å². The van der Waals surface area contributed by atoms with Gasteiger partial charge in [0.15, 0.2) is 0 Å². The molecule has 0 aromatic carbocycles. The fraction of sp³-hybridized carbons (Fsp3) is 0.750. The molecule has 4 heteroatoms. The van der Waals surface area contributed by atoms with Crippen LogP contribution in [0.4, 0.5) is 17.6 Å². The molecule has 72 valence electrons. The summed E-state index contributed by atoms with van der Waals surface area (Å²) < 4.78 is 47.0. The highest BCUT2D eigenvalue weighted by molar-refractivity contribution is 4.90. The van der Waals surface area contributed by atoms with E-state index in [9.17, 15) is 17.6 Å². The Bertz CT molecular complexity index is 122. The van der Waals surface area contributed by atoms with Gasteiger partial charge >= 0.3 is 0 Å². The van der Waals surface area contributed by atoms with Crippen molar-refractivity contribution in [2.75, 3.05) is 6.67 Å². The summed E-state index contributed by atoms with van der Waals surface area (Å²) in [6, 6.07) is 0. The second-order valence-electron chi connectivity index (χ2n) is 2.42. The zero-order chi connectivity index (χ0) is 9.40. The summed E-state index contributed by atoms with van der Waals surface area (Å²) in [5, 5.41) is 0. The zero-order valence-corrected chi connectivity index (χ0v) is 6.65. The summed E-state index contributed by atoms with van der Waals surface area (Å²) in [6.45, 7) is -0.481. The standard InChI is InChI=1S/C8H12F4/c9-6-2-1-3-7(10)4-5-8(11)12/h4-5,7-8H,1-3,6H2. The number of alkyl halides is 4. The minimum atomic E-state index is -2.61. The first-order valence-corrected chi connectivity index (χ1v) is 3.83. The highest BCUT2D eigenvalue weighted by Crippen LogP contribution is 2.07. The average Bonchev–Trinajstić information content (AvgIpc) is 2.01. The molecule has 0 aromatic heterocycles. The van der Waals surface area contributed by atoms with Gasteiger partial charge in [-0.1, -0.05) is 0 Å². The minimum Gasteiger partial charge on any atom is -0.251 e. The van der Waals surface area contributed by atoms with E-state index in [2.05, 4.69) is 0 Å². The van der Waals surface area contributed by atoms with Gasteiger partial charge in [-0.05, 0) is 31.4 Å². The van der Waals surface area contributed by atoms with Crippen molar-refractivity contribution in [3.05, 3.63) is 12.2 Å². The van der Waals surface area contributed by atoms with Crippen LogP contribution in [0.2, 0.25) is 0 Å². The van der Waals surface area contributed by atoms with Crippen molar-refractivity contribution in [2.24, 2.45) is 0 Å². The third-order valence-electron chi connectivity index (χ3n) is 1.33. The highest BCUT2D eigenvalue weighted by atomic mass is 19.3. The van der Waals surface area contributed by atoms with E-state index >= 15 is 0 Å². The predicted octanol–water partition coefficient (Wildman–Crippen LogP) is 3.29. The molecule has 1 atom stereocenters. The number of hydrogen-bond acceptors (Lipinski definition) is 0. The Morgan fingerprint density at radius 2 is 1.67 bits per heavy atom. The molecule has 0 N–H and O–H groups in total. The van der Waals surface area contributed by atoms with Crippen LogP contribution in [0.5, 0.6) is 0 Å². The SMILES string of the molecule is FCCCCC(F)C=CC(F)F. The van der Waals surface area contributed by atoms with Gasteiger partial charge in [-0.2, -0.15) is 0 Å². The van der Waals surface area contributed by atoms with E-state index < -0.39 is 19.3 Å². The van der Waals surface area contributed by atoms with Gasteiger partial charge in [-0.15, -0.1) is 0 Å². The maximum absolute atomic E-state index is 12.5. The predicted molar refractivity (Wildman–Crippen MR) is 39.9 cm³/mol. The first-order chi connectivity index (χ1) is 5.66. The molecule has 0 aliphatic carbocycles. The van der Waals surface area contributed by atoms with E-state index in [4.69, 9.17) is 0 Å². The summed E-state index contributed by atoms with van der Waals surface area (Å²) in [6.07, 6.45) is -1.83. The van der Waals surface area contributed by atoms with Crippen molar-refractivity contribution in [1.82, 2.24) is 0 Å². The fourth-order valence-corrected chi connectivity index (χ4v) is 0.735. The van der Waals surface area contributed by atoms with Gasteiger partial charge < -0.3 is 0 Å². The monoisotopic (exact) mass is 184 g/mol. The first-order valence-electron chi connectivity index (χ1n) is 3.83. The molecule has 0 amide bonds. The lowest BCUT2D eigenvalue weighted by Gasteiger charge is -2.00. The summed E-state index contributed by atoms with van der Waals surface area (Å²) in [5.41, 5.74) is 0. The molecular formula is C8H12F4. The van der Waals surface area contributed by atoms with Gasteiger partial charge in [-0.25, -0.2) is 13.2 Å². The van der Waals surface area contributed by atoms with Gasteiger partial charge in [-0.3, -0.25) is 4.39 Å². The lowest BCUT2D eigenvalue weighted by Crippen LogP contribution is -1.96. The molecule has 0 saturated heterocycles. The Labute approximate surface area is 69.3 Å². The summed E-state index contributed by atoms with van der Waals surface area (Å²) in [7, 11) is 0. The molecule has 0 aromatic rings. The Morgan fingerprint density at radius 1 is 1.00 bits per heavy atom. The minimum absolute atomic E-state index is 0.118. The molecule has 0 nitrogen and oxygen atoms in total. The topological polar surface area (TPSA) is 0 Å². The number of allylic oxidation sites excluding steroid dienone is 2. The smallest absolute Gasteiger partial charge is 0.251 e.